The van der Waals surface area contributed by atoms with E-state index in [1.807, 2.05) is 44.2 Å². The van der Waals surface area contributed by atoms with Crippen molar-refractivity contribution >= 4 is 21.4 Å². The van der Waals surface area contributed by atoms with Crippen molar-refractivity contribution in [2.45, 2.75) is 51.0 Å². The molecule has 0 saturated heterocycles. The van der Waals surface area contributed by atoms with E-state index in [0.717, 1.165) is 28.8 Å². The second kappa shape index (κ2) is 8.07. The normalized spacial score (nSPS) is 21.3. The fraction of sp³-hybridized carbons (Fsp3) is 0.286. The van der Waals surface area contributed by atoms with Crippen LogP contribution in [0.2, 0.25) is 0 Å². The summed E-state index contributed by atoms with van der Waals surface area (Å²) in [7, 11) is -3.69. The summed E-state index contributed by atoms with van der Waals surface area (Å²) >= 11 is 0. The van der Waals surface area contributed by atoms with Gasteiger partial charge in [-0.3, -0.25) is 4.72 Å². The highest BCUT2D eigenvalue weighted by atomic mass is 32.2. The number of nitrogens with one attached hydrogen (secondary N) is 2. The first-order valence-corrected chi connectivity index (χ1v) is 13.0. The summed E-state index contributed by atoms with van der Waals surface area (Å²) in [6.07, 6.45) is 5.46. The van der Waals surface area contributed by atoms with Crippen LogP contribution in [0.25, 0.3) is 0 Å². The van der Waals surface area contributed by atoms with Gasteiger partial charge in [0.2, 0.25) is 0 Å². The molecule has 0 unspecified atom stereocenters. The molecule has 3 aromatic carbocycles. The smallest absolute Gasteiger partial charge is 0.261 e. The average Bonchev–Trinajstić information content (AvgIpc) is 3.27. The number of aryl methyl sites for hydroxylation is 4. The zero-order valence-electron chi connectivity index (χ0n) is 19.5. The van der Waals surface area contributed by atoms with E-state index in [0.29, 0.717) is 16.5 Å². The van der Waals surface area contributed by atoms with Crippen molar-refractivity contribution in [1.82, 2.24) is 0 Å². The van der Waals surface area contributed by atoms with Crippen LogP contribution in [0.3, 0.4) is 0 Å². The summed E-state index contributed by atoms with van der Waals surface area (Å²) in [5.41, 5.74) is 8.71. The molecule has 1 aliphatic carbocycles. The van der Waals surface area contributed by atoms with Crippen molar-refractivity contribution < 1.29 is 8.42 Å². The molecule has 4 nitrogen and oxygen atoms in total. The molecule has 0 aromatic heterocycles. The summed E-state index contributed by atoms with van der Waals surface area (Å²) in [5.74, 6) is 0.562. The second-order valence-electron chi connectivity index (χ2n) is 9.49. The van der Waals surface area contributed by atoms with Crippen molar-refractivity contribution in [2.24, 2.45) is 5.92 Å². The number of fused-ring (bicyclic) bond motifs is 3. The SMILES string of the molecule is Cc1ccc(C)c([C@H]2Nc3ccc(S(=O)(=O)Nc4ccc(C)c(C)c4)cc3[C@H]3C=CC[C@H]32)c1. The molecule has 2 aliphatic rings. The topological polar surface area (TPSA) is 58.2 Å². The van der Waals surface area contributed by atoms with Crippen LogP contribution < -0.4 is 10.0 Å². The number of rotatable bonds is 4. The van der Waals surface area contributed by atoms with E-state index >= 15 is 0 Å². The maximum Gasteiger partial charge on any atom is 0.261 e. The van der Waals surface area contributed by atoms with E-state index in [1.54, 1.807) is 6.07 Å². The maximum atomic E-state index is 13.2. The first-order valence-electron chi connectivity index (χ1n) is 11.5. The summed E-state index contributed by atoms with van der Waals surface area (Å²) in [6, 6.07) is 17.9. The molecule has 0 saturated carbocycles. The van der Waals surface area contributed by atoms with Crippen molar-refractivity contribution in [3.05, 3.63) is 100 Å². The van der Waals surface area contributed by atoms with Gasteiger partial charge in [-0.25, -0.2) is 8.42 Å². The van der Waals surface area contributed by atoms with Gasteiger partial charge in [0.05, 0.1) is 10.9 Å². The molecule has 0 radical (unpaired) electrons. The monoisotopic (exact) mass is 458 g/mol. The van der Waals surface area contributed by atoms with Gasteiger partial charge in [-0.15, -0.1) is 0 Å². The molecule has 3 atom stereocenters. The molecular weight excluding hydrogens is 428 g/mol. The summed E-state index contributed by atoms with van der Waals surface area (Å²) in [4.78, 5) is 0.297. The molecule has 0 amide bonds. The highest BCUT2D eigenvalue weighted by molar-refractivity contribution is 7.92. The van der Waals surface area contributed by atoms with Gasteiger partial charge >= 0.3 is 0 Å². The highest BCUT2D eigenvalue weighted by Crippen LogP contribution is 2.50. The Morgan fingerprint density at radius 2 is 1.64 bits per heavy atom. The number of hydrogen-bond acceptors (Lipinski definition) is 3. The lowest BCUT2D eigenvalue weighted by atomic mass is 9.76. The Morgan fingerprint density at radius 1 is 0.848 bits per heavy atom. The van der Waals surface area contributed by atoms with Gasteiger partial charge < -0.3 is 5.32 Å². The molecule has 170 valence electrons. The molecule has 0 fully saturated rings. The quantitative estimate of drug-likeness (QED) is 0.436. The van der Waals surface area contributed by atoms with Crippen molar-refractivity contribution in [2.75, 3.05) is 10.0 Å². The third-order valence-electron chi connectivity index (χ3n) is 7.17. The lowest BCUT2D eigenvalue weighted by Gasteiger charge is -2.38. The third kappa shape index (κ3) is 3.95. The number of allylic oxidation sites excluding steroid dienone is 2. The highest BCUT2D eigenvalue weighted by Gasteiger charge is 2.39. The predicted octanol–water partition coefficient (Wildman–Crippen LogP) is 6.55. The fourth-order valence-electron chi connectivity index (χ4n) is 5.16. The minimum atomic E-state index is -3.69. The molecule has 5 heteroatoms. The summed E-state index contributed by atoms with van der Waals surface area (Å²) < 4.78 is 29.1. The molecule has 5 rings (SSSR count). The predicted molar refractivity (Wildman–Crippen MR) is 135 cm³/mol. The van der Waals surface area contributed by atoms with Crippen LogP contribution in [-0.4, -0.2) is 8.42 Å². The Kier molecular flexibility index (Phi) is 5.32. The third-order valence-corrected chi connectivity index (χ3v) is 8.55. The van der Waals surface area contributed by atoms with Crippen molar-refractivity contribution in [1.29, 1.82) is 0 Å². The standard InChI is InChI=1S/C28H30N2O2S/c1-17-8-9-19(3)25(14-17)28-24-7-5-6-23(24)26-16-22(12-13-27(26)29-28)33(31,32)30-21-11-10-18(2)20(4)15-21/h5-6,8-16,23-24,28-30H,7H2,1-4H3/t23-,24+,28-/m0/s1. The fourth-order valence-corrected chi connectivity index (χ4v) is 6.25. The Labute approximate surface area is 196 Å². The first-order chi connectivity index (χ1) is 15.7. The number of sulfonamides is 1. The zero-order chi connectivity index (χ0) is 23.3. The molecule has 2 N–H and O–H groups in total. The van der Waals surface area contributed by atoms with E-state index in [2.05, 4.69) is 54.2 Å². The molecule has 0 bridgehead atoms. The van der Waals surface area contributed by atoms with Gasteiger partial charge in [0.1, 0.15) is 0 Å². The van der Waals surface area contributed by atoms with Gasteiger partial charge in [0.25, 0.3) is 10.0 Å². The van der Waals surface area contributed by atoms with E-state index in [4.69, 9.17) is 0 Å². The van der Waals surface area contributed by atoms with Crippen LogP contribution in [0.5, 0.6) is 0 Å². The van der Waals surface area contributed by atoms with Crippen LogP contribution in [0.1, 0.15) is 51.8 Å². The van der Waals surface area contributed by atoms with Crippen LogP contribution in [-0.2, 0) is 10.0 Å². The van der Waals surface area contributed by atoms with Gasteiger partial charge in [0.15, 0.2) is 0 Å². The van der Waals surface area contributed by atoms with Crippen LogP contribution in [0.4, 0.5) is 11.4 Å². The van der Waals surface area contributed by atoms with Gasteiger partial charge in [0, 0.05) is 17.3 Å². The zero-order valence-corrected chi connectivity index (χ0v) is 20.3. The minimum absolute atomic E-state index is 0.197. The number of benzene rings is 3. The Morgan fingerprint density at radius 3 is 2.42 bits per heavy atom. The summed E-state index contributed by atoms with van der Waals surface area (Å²) in [6.45, 7) is 8.29. The molecule has 0 spiro atoms. The number of anilines is 2. The maximum absolute atomic E-state index is 13.2. The van der Waals surface area contributed by atoms with Crippen LogP contribution in [0, 0.1) is 33.6 Å². The van der Waals surface area contributed by atoms with Gasteiger partial charge in [-0.1, -0.05) is 42.0 Å². The lowest BCUT2D eigenvalue weighted by molar-refractivity contribution is 0.424. The Balaban J connectivity index is 1.50. The van der Waals surface area contributed by atoms with Crippen molar-refractivity contribution in [3.63, 3.8) is 0 Å². The van der Waals surface area contributed by atoms with E-state index < -0.39 is 10.0 Å². The largest absolute Gasteiger partial charge is 0.378 e. The van der Waals surface area contributed by atoms with Crippen LogP contribution >= 0.6 is 0 Å². The first kappa shape index (κ1) is 21.8. The number of hydrogen-bond donors (Lipinski definition) is 2. The molecule has 3 aromatic rings. The van der Waals surface area contributed by atoms with E-state index in [9.17, 15) is 8.42 Å². The van der Waals surface area contributed by atoms with E-state index in [-0.39, 0.29) is 12.0 Å². The van der Waals surface area contributed by atoms with Crippen molar-refractivity contribution in [3.8, 4) is 0 Å². The second-order valence-corrected chi connectivity index (χ2v) is 11.2. The van der Waals surface area contributed by atoms with E-state index in [1.165, 1.54) is 16.7 Å². The molecule has 33 heavy (non-hydrogen) atoms. The Bertz CT molecular complexity index is 1370. The Hall–Kier alpha value is -3.05. The molecule has 1 heterocycles. The average molecular weight is 459 g/mol. The van der Waals surface area contributed by atoms with Crippen LogP contribution in [0.15, 0.2) is 71.6 Å². The lowest BCUT2D eigenvalue weighted by Crippen LogP contribution is -2.30. The molecule has 1 aliphatic heterocycles. The summed E-state index contributed by atoms with van der Waals surface area (Å²) in [5, 5.41) is 3.74. The minimum Gasteiger partial charge on any atom is -0.378 e. The van der Waals surface area contributed by atoms with Gasteiger partial charge in [-0.2, -0.15) is 0 Å². The van der Waals surface area contributed by atoms with Gasteiger partial charge in [-0.05, 0) is 98.2 Å². The molecular formula is C28H30N2O2S.